The van der Waals surface area contributed by atoms with Gasteiger partial charge < -0.3 is 5.32 Å². The predicted molar refractivity (Wildman–Crippen MR) is 89.3 cm³/mol. The molecule has 0 aromatic heterocycles. The summed E-state index contributed by atoms with van der Waals surface area (Å²) >= 11 is 0. The molecular weight excluding hydrogens is 323 g/mol. The number of halogens is 1. The van der Waals surface area contributed by atoms with Crippen LogP contribution >= 0.6 is 0 Å². The molecule has 1 amide bonds. The molecule has 2 rings (SSSR count). The zero-order chi connectivity index (χ0) is 18.4. The molecule has 1 unspecified atom stereocenters. The maximum Gasteiger partial charge on any atom is 0.249 e. The Morgan fingerprint density at radius 2 is 1.56 bits per heavy atom. The van der Waals surface area contributed by atoms with Gasteiger partial charge in [-0.05, 0) is 48.5 Å². The van der Waals surface area contributed by atoms with Gasteiger partial charge in [-0.25, -0.2) is 4.39 Å². The molecule has 0 fully saturated rings. The number of amides is 1. The first kappa shape index (κ1) is 18.0. The van der Waals surface area contributed by atoms with Gasteiger partial charge in [0, 0.05) is 23.2 Å². The van der Waals surface area contributed by atoms with Crippen LogP contribution < -0.4 is 5.32 Å². The summed E-state index contributed by atoms with van der Waals surface area (Å²) in [5, 5.41) is 11.4. The third-order valence-corrected chi connectivity index (χ3v) is 3.58. The molecule has 25 heavy (non-hydrogen) atoms. The van der Waals surface area contributed by atoms with Crippen molar-refractivity contribution in [2.45, 2.75) is 13.3 Å². The number of rotatable bonds is 6. The van der Waals surface area contributed by atoms with Gasteiger partial charge >= 0.3 is 0 Å². The lowest BCUT2D eigenvalue weighted by Crippen LogP contribution is -2.28. The van der Waals surface area contributed by atoms with Gasteiger partial charge in [0.1, 0.15) is 5.82 Å². The topological polar surface area (TPSA) is 87.0 Å². The standard InChI is InChI=1S/C19H15FN2O3/c1-2-17(23)16(11-21)19(25)22-15-9-5-13(6-10-15)18(24)12-3-7-14(20)8-4-12/h3-10,16H,2H2,1H3,(H,22,25). The van der Waals surface area contributed by atoms with Gasteiger partial charge in [0.15, 0.2) is 17.5 Å². The highest BCUT2D eigenvalue weighted by Crippen LogP contribution is 2.15. The smallest absolute Gasteiger partial charge is 0.249 e. The van der Waals surface area contributed by atoms with Crippen LogP contribution in [0.3, 0.4) is 0 Å². The number of Topliss-reactive ketones (excluding diaryl/α,β-unsaturated/α-hetero) is 1. The summed E-state index contributed by atoms with van der Waals surface area (Å²) < 4.78 is 12.9. The molecule has 0 heterocycles. The summed E-state index contributed by atoms with van der Waals surface area (Å²) in [5.41, 5.74) is 1.08. The largest absolute Gasteiger partial charge is 0.325 e. The Balaban J connectivity index is 2.10. The lowest BCUT2D eigenvalue weighted by molar-refractivity contribution is -0.128. The Labute approximate surface area is 144 Å². The van der Waals surface area contributed by atoms with Gasteiger partial charge in [-0.2, -0.15) is 5.26 Å². The van der Waals surface area contributed by atoms with E-state index in [0.717, 1.165) is 0 Å². The van der Waals surface area contributed by atoms with Gasteiger partial charge in [0.2, 0.25) is 5.91 Å². The number of carbonyl (C=O) groups excluding carboxylic acids is 3. The van der Waals surface area contributed by atoms with E-state index < -0.39 is 23.4 Å². The van der Waals surface area contributed by atoms with Gasteiger partial charge in [-0.15, -0.1) is 0 Å². The molecule has 2 aromatic rings. The van der Waals surface area contributed by atoms with Crippen molar-refractivity contribution in [3.05, 3.63) is 65.5 Å². The van der Waals surface area contributed by atoms with Crippen LogP contribution in [0.5, 0.6) is 0 Å². The van der Waals surface area contributed by atoms with Crippen LogP contribution in [0.1, 0.15) is 29.3 Å². The van der Waals surface area contributed by atoms with Crippen molar-refractivity contribution in [3.63, 3.8) is 0 Å². The monoisotopic (exact) mass is 338 g/mol. The lowest BCUT2D eigenvalue weighted by atomic mass is 10.0. The number of hydrogen-bond acceptors (Lipinski definition) is 4. The van der Waals surface area contributed by atoms with Gasteiger partial charge in [0.05, 0.1) is 6.07 Å². The van der Waals surface area contributed by atoms with E-state index in [-0.39, 0.29) is 12.2 Å². The van der Waals surface area contributed by atoms with E-state index in [1.807, 2.05) is 0 Å². The molecule has 2 aromatic carbocycles. The van der Waals surface area contributed by atoms with Crippen LogP contribution in [-0.4, -0.2) is 17.5 Å². The number of hydrogen-bond donors (Lipinski definition) is 1. The first-order valence-corrected chi connectivity index (χ1v) is 7.59. The predicted octanol–water partition coefficient (Wildman–Crippen LogP) is 3.11. The van der Waals surface area contributed by atoms with Crippen LogP contribution in [0.15, 0.2) is 48.5 Å². The molecule has 0 saturated carbocycles. The Morgan fingerprint density at radius 1 is 1.04 bits per heavy atom. The van der Waals surface area contributed by atoms with Crippen LogP contribution in [0, 0.1) is 23.1 Å². The molecule has 0 aliphatic heterocycles. The number of nitrogens with one attached hydrogen (secondary N) is 1. The summed E-state index contributed by atoms with van der Waals surface area (Å²) in [4.78, 5) is 35.8. The zero-order valence-corrected chi connectivity index (χ0v) is 13.5. The Hall–Kier alpha value is -3.33. The second kappa shape index (κ2) is 7.97. The van der Waals surface area contributed by atoms with Crippen molar-refractivity contribution in [3.8, 4) is 6.07 Å². The fraction of sp³-hybridized carbons (Fsp3) is 0.158. The number of nitriles is 1. The first-order chi connectivity index (χ1) is 12.0. The molecule has 0 saturated heterocycles. The van der Waals surface area contributed by atoms with E-state index in [0.29, 0.717) is 16.8 Å². The van der Waals surface area contributed by atoms with Gasteiger partial charge in [-0.3, -0.25) is 14.4 Å². The second-order valence-corrected chi connectivity index (χ2v) is 5.28. The molecule has 6 heteroatoms. The summed E-state index contributed by atoms with van der Waals surface area (Å²) in [6.07, 6.45) is 0.0940. The van der Waals surface area contributed by atoms with E-state index in [1.54, 1.807) is 13.0 Å². The zero-order valence-electron chi connectivity index (χ0n) is 13.5. The van der Waals surface area contributed by atoms with E-state index in [9.17, 15) is 18.8 Å². The lowest BCUT2D eigenvalue weighted by Gasteiger charge is -2.09. The Morgan fingerprint density at radius 3 is 2.04 bits per heavy atom. The molecular formula is C19H15FN2O3. The minimum absolute atomic E-state index is 0.0940. The van der Waals surface area contributed by atoms with Crippen LogP contribution in [0.4, 0.5) is 10.1 Å². The number of carbonyl (C=O) groups is 3. The molecule has 0 bridgehead atoms. The van der Waals surface area contributed by atoms with Crippen molar-refractivity contribution in [2.24, 2.45) is 5.92 Å². The Kier molecular flexibility index (Phi) is 5.75. The molecule has 0 spiro atoms. The summed E-state index contributed by atoms with van der Waals surface area (Å²) in [6.45, 7) is 1.58. The quantitative estimate of drug-likeness (QED) is 0.647. The summed E-state index contributed by atoms with van der Waals surface area (Å²) in [5.74, 6) is -3.22. The average molecular weight is 338 g/mol. The number of ketones is 2. The fourth-order valence-corrected chi connectivity index (χ4v) is 2.17. The third-order valence-electron chi connectivity index (χ3n) is 3.58. The average Bonchev–Trinajstić information content (AvgIpc) is 2.62. The van der Waals surface area contributed by atoms with Crippen molar-refractivity contribution >= 4 is 23.2 Å². The third kappa shape index (κ3) is 4.36. The maximum atomic E-state index is 12.9. The molecule has 0 aliphatic carbocycles. The van der Waals surface area contributed by atoms with Crippen LogP contribution in [0.25, 0.3) is 0 Å². The molecule has 1 N–H and O–H groups in total. The van der Waals surface area contributed by atoms with Crippen LogP contribution in [-0.2, 0) is 9.59 Å². The molecule has 126 valence electrons. The minimum atomic E-state index is -1.36. The van der Waals surface area contributed by atoms with Crippen LogP contribution in [0.2, 0.25) is 0 Å². The normalized spacial score (nSPS) is 11.2. The van der Waals surface area contributed by atoms with Gasteiger partial charge in [0.25, 0.3) is 0 Å². The number of nitrogens with zero attached hydrogens (tertiary/aromatic N) is 1. The maximum absolute atomic E-state index is 12.9. The first-order valence-electron chi connectivity index (χ1n) is 7.59. The summed E-state index contributed by atoms with van der Waals surface area (Å²) in [7, 11) is 0. The number of benzene rings is 2. The van der Waals surface area contributed by atoms with E-state index in [4.69, 9.17) is 5.26 Å². The minimum Gasteiger partial charge on any atom is -0.325 e. The molecule has 5 nitrogen and oxygen atoms in total. The molecule has 1 atom stereocenters. The van der Waals surface area contributed by atoms with Gasteiger partial charge in [-0.1, -0.05) is 6.92 Å². The molecule has 0 radical (unpaired) electrons. The van der Waals surface area contributed by atoms with E-state index >= 15 is 0 Å². The SMILES string of the molecule is CCC(=O)C(C#N)C(=O)Nc1ccc(C(=O)c2ccc(F)cc2)cc1. The van der Waals surface area contributed by atoms with Crippen molar-refractivity contribution < 1.29 is 18.8 Å². The second-order valence-electron chi connectivity index (χ2n) is 5.28. The Bertz CT molecular complexity index is 836. The van der Waals surface area contributed by atoms with E-state index in [2.05, 4.69) is 5.32 Å². The van der Waals surface area contributed by atoms with E-state index in [1.165, 1.54) is 48.5 Å². The van der Waals surface area contributed by atoms with Crippen molar-refractivity contribution in [2.75, 3.05) is 5.32 Å². The highest BCUT2D eigenvalue weighted by atomic mass is 19.1. The number of anilines is 1. The van der Waals surface area contributed by atoms with Crippen molar-refractivity contribution in [1.82, 2.24) is 0 Å². The molecule has 0 aliphatic rings. The highest BCUT2D eigenvalue weighted by molar-refractivity contribution is 6.10. The fourth-order valence-electron chi connectivity index (χ4n) is 2.17. The van der Waals surface area contributed by atoms with Crippen molar-refractivity contribution in [1.29, 1.82) is 5.26 Å². The summed E-state index contributed by atoms with van der Waals surface area (Å²) in [6, 6.07) is 12.9. The highest BCUT2D eigenvalue weighted by Gasteiger charge is 2.24.